The Morgan fingerprint density at radius 1 is 1.00 bits per heavy atom. The van der Waals surface area contributed by atoms with Crippen LogP contribution in [0.1, 0.15) is 12.8 Å². The summed E-state index contributed by atoms with van der Waals surface area (Å²) in [7, 11) is 0. The van der Waals surface area contributed by atoms with Crippen molar-refractivity contribution >= 4 is 23.4 Å². The molecule has 1 nitrogen and oxygen atoms in total. The first-order chi connectivity index (χ1) is 10.8. The quantitative estimate of drug-likeness (QED) is 0.749. The molecular weight excluding hydrogens is 312 g/mol. The molecule has 5 saturated carbocycles. The van der Waals surface area contributed by atoms with Crippen LogP contribution in [0.2, 0.25) is 0 Å². The minimum Gasteiger partial charge on any atom is -0.355 e. The van der Waals surface area contributed by atoms with Gasteiger partial charge in [-0.25, -0.2) is 0 Å². The molecule has 6 aliphatic rings. The third-order valence-corrected chi connectivity index (χ3v) is 10.1. The summed E-state index contributed by atoms with van der Waals surface area (Å²) in [4.78, 5) is 1.41. The van der Waals surface area contributed by atoms with Crippen LogP contribution in [0, 0.1) is 47.3 Å². The average Bonchev–Trinajstić information content (AvgIpc) is 3.13. The van der Waals surface area contributed by atoms with Crippen molar-refractivity contribution in [2.75, 3.05) is 0 Å². The van der Waals surface area contributed by atoms with Gasteiger partial charge in [0, 0.05) is 16.1 Å². The number of fused-ring (bicyclic) bond motifs is 1. The lowest BCUT2D eigenvalue weighted by molar-refractivity contribution is -0.157. The molecule has 2 bridgehead atoms. The van der Waals surface area contributed by atoms with Gasteiger partial charge in [-0.05, 0) is 66.4 Å². The molecule has 0 N–H and O–H groups in total. The SMILES string of the molecule is Cl[C@@]12C[C@@H]3[C@@H]4[C@H]5C[C@H]6[C@@H]4[C@H]3[C@H](Sc3ccccc3)[C@@H](O1)[C@H]6[C@@H]52. The Bertz CT molecular complexity index is 679. The van der Waals surface area contributed by atoms with Crippen LogP contribution in [0.15, 0.2) is 35.2 Å². The van der Waals surface area contributed by atoms with Crippen LogP contribution in [0.3, 0.4) is 0 Å². The summed E-state index contributed by atoms with van der Waals surface area (Å²) in [6.45, 7) is 0. The standard InChI is InChI=1S/C19H19ClOS/c20-19-7-11-12-10-6-9-13(12)14(11)18(17(21-19)15(9)16(10)19)22-8-4-2-1-3-5-8/h1-5,9-18H,6-7H2/t9-,10+,11+,12-,13-,14-,15+,16+,17-,18-,19-/m0/s1. The second-order valence-electron chi connectivity index (χ2n) is 8.53. The molecule has 1 aromatic carbocycles. The third-order valence-electron chi connectivity index (χ3n) is 8.22. The zero-order valence-corrected chi connectivity index (χ0v) is 13.8. The van der Waals surface area contributed by atoms with Crippen molar-refractivity contribution < 1.29 is 4.74 Å². The molecule has 1 heterocycles. The van der Waals surface area contributed by atoms with Crippen LogP contribution in [0.4, 0.5) is 0 Å². The van der Waals surface area contributed by atoms with Crippen molar-refractivity contribution in [3.63, 3.8) is 0 Å². The Morgan fingerprint density at radius 3 is 2.73 bits per heavy atom. The van der Waals surface area contributed by atoms with Gasteiger partial charge in [-0.1, -0.05) is 29.8 Å². The van der Waals surface area contributed by atoms with E-state index < -0.39 is 0 Å². The molecule has 7 rings (SSSR count). The number of ether oxygens (including phenoxy) is 1. The Kier molecular flexibility index (Phi) is 1.99. The third kappa shape index (κ3) is 1.10. The second kappa shape index (κ2) is 3.58. The van der Waals surface area contributed by atoms with Gasteiger partial charge < -0.3 is 4.74 Å². The highest BCUT2D eigenvalue weighted by atomic mass is 35.5. The maximum absolute atomic E-state index is 7.07. The van der Waals surface area contributed by atoms with E-state index in [-0.39, 0.29) is 5.06 Å². The van der Waals surface area contributed by atoms with Crippen molar-refractivity contribution in [2.24, 2.45) is 47.3 Å². The van der Waals surface area contributed by atoms with E-state index in [1.54, 1.807) is 0 Å². The minimum absolute atomic E-state index is 0.286. The Hall–Kier alpha value is -0.180. The zero-order valence-electron chi connectivity index (χ0n) is 12.3. The summed E-state index contributed by atoms with van der Waals surface area (Å²) in [6, 6.07) is 11.0. The first kappa shape index (κ1) is 12.2. The summed E-state index contributed by atoms with van der Waals surface area (Å²) < 4.78 is 6.62. The fraction of sp³-hybridized carbons (Fsp3) is 0.684. The van der Waals surface area contributed by atoms with Gasteiger partial charge in [0.25, 0.3) is 0 Å². The summed E-state index contributed by atoms with van der Waals surface area (Å²) in [6.07, 6.45) is 3.05. The van der Waals surface area contributed by atoms with Gasteiger partial charge in [-0.3, -0.25) is 0 Å². The maximum atomic E-state index is 7.07. The molecule has 0 radical (unpaired) electrons. The number of benzene rings is 1. The molecule has 3 heteroatoms. The Labute approximate surface area is 140 Å². The smallest absolute Gasteiger partial charge is 0.145 e. The number of hydrogen-bond acceptors (Lipinski definition) is 2. The number of hydrogen-bond donors (Lipinski definition) is 0. The van der Waals surface area contributed by atoms with E-state index >= 15 is 0 Å². The maximum Gasteiger partial charge on any atom is 0.145 e. The van der Waals surface area contributed by atoms with Crippen molar-refractivity contribution in [1.29, 1.82) is 0 Å². The molecule has 5 aliphatic carbocycles. The van der Waals surface area contributed by atoms with Crippen LogP contribution in [-0.4, -0.2) is 16.4 Å². The Balaban J connectivity index is 1.36. The van der Waals surface area contributed by atoms with Gasteiger partial charge in [-0.15, -0.1) is 11.8 Å². The fourth-order valence-electron chi connectivity index (χ4n) is 8.08. The number of thioether (sulfide) groups is 1. The molecule has 0 unspecified atom stereocenters. The fourth-order valence-corrected chi connectivity index (χ4v) is 10.2. The summed E-state index contributed by atoms with van der Waals surface area (Å²) in [5.74, 6) is 7.13. The van der Waals surface area contributed by atoms with E-state index in [0.29, 0.717) is 17.3 Å². The van der Waals surface area contributed by atoms with Gasteiger partial charge in [-0.2, -0.15) is 0 Å². The number of rotatable bonds is 2. The molecule has 0 amide bonds. The van der Waals surface area contributed by atoms with E-state index in [0.717, 1.165) is 47.8 Å². The first-order valence-electron chi connectivity index (χ1n) is 8.85. The molecule has 114 valence electrons. The molecule has 22 heavy (non-hydrogen) atoms. The van der Waals surface area contributed by atoms with E-state index in [1.807, 2.05) is 0 Å². The van der Waals surface area contributed by atoms with Crippen LogP contribution in [-0.2, 0) is 4.74 Å². The van der Waals surface area contributed by atoms with E-state index in [4.69, 9.17) is 16.3 Å². The summed E-state index contributed by atoms with van der Waals surface area (Å²) in [5, 5.41) is 0.366. The lowest BCUT2D eigenvalue weighted by Crippen LogP contribution is -2.67. The minimum atomic E-state index is -0.286. The van der Waals surface area contributed by atoms with E-state index in [1.165, 1.54) is 11.3 Å². The van der Waals surface area contributed by atoms with Crippen LogP contribution in [0.25, 0.3) is 0 Å². The number of halogens is 1. The van der Waals surface area contributed by atoms with Gasteiger partial charge in [0.15, 0.2) is 0 Å². The van der Waals surface area contributed by atoms with Gasteiger partial charge in [0.1, 0.15) is 5.06 Å². The van der Waals surface area contributed by atoms with E-state index in [2.05, 4.69) is 42.1 Å². The molecular formula is C19H19ClOS. The number of alkyl halides is 1. The molecule has 1 aliphatic heterocycles. The predicted octanol–water partition coefficient (Wildman–Crippen LogP) is 4.26. The van der Waals surface area contributed by atoms with Gasteiger partial charge in [0.05, 0.1) is 6.10 Å². The van der Waals surface area contributed by atoms with Gasteiger partial charge >= 0.3 is 0 Å². The highest BCUT2D eigenvalue weighted by Crippen LogP contribution is 2.84. The molecule has 11 atom stereocenters. The second-order valence-corrected chi connectivity index (χ2v) is 10.4. The summed E-state index contributed by atoms with van der Waals surface area (Å²) >= 11 is 9.16. The highest BCUT2D eigenvalue weighted by Gasteiger charge is 2.83. The van der Waals surface area contributed by atoms with Crippen LogP contribution in [0.5, 0.6) is 0 Å². The lowest BCUT2D eigenvalue weighted by atomic mass is 9.40. The molecule has 0 aromatic heterocycles. The van der Waals surface area contributed by atoms with Crippen molar-refractivity contribution in [1.82, 2.24) is 0 Å². The summed E-state index contributed by atoms with van der Waals surface area (Å²) in [5.41, 5.74) is 0. The van der Waals surface area contributed by atoms with Crippen LogP contribution >= 0.6 is 23.4 Å². The average molecular weight is 331 g/mol. The first-order valence-corrected chi connectivity index (χ1v) is 10.1. The molecule has 1 saturated heterocycles. The topological polar surface area (TPSA) is 9.23 Å². The largest absolute Gasteiger partial charge is 0.355 e. The predicted molar refractivity (Wildman–Crippen MR) is 86.7 cm³/mol. The lowest BCUT2D eigenvalue weighted by Gasteiger charge is -2.66. The van der Waals surface area contributed by atoms with Crippen molar-refractivity contribution in [3.05, 3.63) is 30.3 Å². The molecule has 1 aromatic rings. The molecule has 6 fully saturated rings. The van der Waals surface area contributed by atoms with Crippen LogP contribution < -0.4 is 0 Å². The van der Waals surface area contributed by atoms with Crippen molar-refractivity contribution in [3.8, 4) is 0 Å². The monoisotopic (exact) mass is 330 g/mol. The highest BCUT2D eigenvalue weighted by molar-refractivity contribution is 8.00. The van der Waals surface area contributed by atoms with Gasteiger partial charge in [0.2, 0.25) is 0 Å². The normalized spacial score (nSPS) is 64.4. The zero-order chi connectivity index (χ0) is 14.2. The Morgan fingerprint density at radius 2 is 1.86 bits per heavy atom. The van der Waals surface area contributed by atoms with Crippen molar-refractivity contribution in [2.45, 2.75) is 34.2 Å². The van der Waals surface area contributed by atoms with E-state index in [9.17, 15) is 0 Å². The molecule has 0 spiro atoms.